The minimum Gasteiger partial charge on any atom is -0.282 e. The SMILES string of the molecule is CC(C)CCC(N1CCC=C(c2ccc(C#N)cc2)C1)S(=O)(=O)c1ccccc1. The molecule has 0 aromatic heterocycles. The second-order valence-electron chi connectivity index (χ2n) is 7.96. The third kappa shape index (κ3) is 5.14. The van der Waals surface area contributed by atoms with Gasteiger partial charge in [0.2, 0.25) is 0 Å². The number of benzene rings is 2. The Bertz CT molecular complexity index is 987. The molecular formula is C24H28N2O2S. The molecule has 0 aliphatic carbocycles. The molecule has 1 aliphatic rings. The second kappa shape index (κ2) is 9.39. The van der Waals surface area contributed by atoms with Crippen LogP contribution in [0, 0.1) is 17.2 Å². The molecule has 0 spiro atoms. The Morgan fingerprint density at radius 3 is 2.34 bits per heavy atom. The fourth-order valence-electron chi connectivity index (χ4n) is 3.76. The summed E-state index contributed by atoms with van der Waals surface area (Å²) in [5.41, 5.74) is 2.80. The van der Waals surface area contributed by atoms with Gasteiger partial charge in [0.25, 0.3) is 0 Å². The third-order valence-corrected chi connectivity index (χ3v) is 7.57. The molecule has 0 N–H and O–H groups in total. The topological polar surface area (TPSA) is 61.2 Å². The van der Waals surface area contributed by atoms with Crippen molar-refractivity contribution in [1.29, 1.82) is 5.26 Å². The van der Waals surface area contributed by atoms with Crippen LogP contribution in [0.25, 0.3) is 5.57 Å². The molecule has 2 aromatic rings. The molecule has 3 rings (SSSR count). The Balaban J connectivity index is 1.88. The van der Waals surface area contributed by atoms with Crippen LogP contribution in [0.1, 0.15) is 44.2 Å². The number of nitrogens with zero attached hydrogens (tertiary/aromatic N) is 2. The smallest absolute Gasteiger partial charge is 0.194 e. The van der Waals surface area contributed by atoms with Crippen LogP contribution in [0.2, 0.25) is 0 Å². The molecule has 5 heteroatoms. The average molecular weight is 409 g/mol. The van der Waals surface area contributed by atoms with Crippen molar-refractivity contribution in [2.45, 2.75) is 43.4 Å². The van der Waals surface area contributed by atoms with Gasteiger partial charge < -0.3 is 0 Å². The van der Waals surface area contributed by atoms with Crippen LogP contribution < -0.4 is 0 Å². The van der Waals surface area contributed by atoms with Gasteiger partial charge in [0.15, 0.2) is 9.84 Å². The van der Waals surface area contributed by atoms with E-state index in [-0.39, 0.29) is 0 Å². The predicted molar refractivity (Wildman–Crippen MR) is 117 cm³/mol. The van der Waals surface area contributed by atoms with Crippen LogP contribution in [-0.2, 0) is 9.84 Å². The zero-order valence-corrected chi connectivity index (χ0v) is 17.9. The fraction of sp³-hybridized carbons (Fsp3) is 0.375. The Kier molecular flexibility index (Phi) is 6.89. The molecule has 1 atom stereocenters. The van der Waals surface area contributed by atoms with Gasteiger partial charge in [0, 0.05) is 13.1 Å². The van der Waals surface area contributed by atoms with E-state index in [9.17, 15) is 8.42 Å². The Morgan fingerprint density at radius 1 is 1.03 bits per heavy atom. The van der Waals surface area contributed by atoms with Gasteiger partial charge in [0.1, 0.15) is 5.37 Å². The molecular weight excluding hydrogens is 380 g/mol. The molecule has 4 nitrogen and oxygen atoms in total. The lowest BCUT2D eigenvalue weighted by Crippen LogP contribution is -2.44. The zero-order chi connectivity index (χ0) is 20.9. The van der Waals surface area contributed by atoms with Gasteiger partial charge in [-0.3, -0.25) is 4.90 Å². The molecule has 0 amide bonds. The molecule has 0 radical (unpaired) electrons. The van der Waals surface area contributed by atoms with Crippen molar-refractivity contribution in [3.05, 3.63) is 71.8 Å². The molecule has 0 bridgehead atoms. The van der Waals surface area contributed by atoms with Gasteiger partial charge in [-0.1, -0.05) is 50.3 Å². The fourth-order valence-corrected chi connectivity index (χ4v) is 5.63. The largest absolute Gasteiger partial charge is 0.282 e. The number of sulfone groups is 1. The number of nitriles is 1. The molecule has 0 saturated carbocycles. The summed E-state index contributed by atoms with van der Waals surface area (Å²) in [6, 6.07) is 18.5. The van der Waals surface area contributed by atoms with Gasteiger partial charge >= 0.3 is 0 Å². The Labute approximate surface area is 174 Å². The normalized spacial score (nSPS) is 16.3. The first-order valence-electron chi connectivity index (χ1n) is 10.1. The van der Waals surface area contributed by atoms with Crippen molar-refractivity contribution in [3.63, 3.8) is 0 Å². The summed E-state index contributed by atoms with van der Waals surface area (Å²) >= 11 is 0. The van der Waals surface area contributed by atoms with E-state index in [4.69, 9.17) is 5.26 Å². The minimum absolute atomic E-state index is 0.392. The maximum absolute atomic E-state index is 13.5. The van der Waals surface area contributed by atoms with E-state index in [1.54, 1.807) is 24.3 Å². The van der Waals surface area contributed by atoms with E-state index in [1.165, 1.54) is 0 Å². The first-order chi connectivity index (χ1) is 13.9. The van der Waals surface area contributed by atoms with Gasteiger partial charge in [-0.15, -0.1) is 0 Å². The third-order valence-electron chi connectivity index (χ3n) is 5.39. The summed E-state index contributed by atoms with van der Waals surface area (Å²) in [5.74, 6) is 0.446. The van der Waals surface area contributed by atoms with Crippen LogP contribution in [0.4, 0.5) is 0 Å². The highest BCUT2D eigenvalue weighted by atomic mass is 32.2. The van der Waals surface area contributed by atoms with Crippen molar-refractivity contribution >= 4 is 15.4 Å². The molecule has 29 heavy (non-hydrogen) atoms. The van der Waals surface area contributed by atoms with Crippen LogP contribution in [0.5, 0.6) is 0 Å². The molecule has 1 unspecified atom stereocenters. The van der Waals surface area contributed by atoms with Crippen molar-refractivity contribution < 1.29 is 8.42 Å². The van der Waals surface area contributed by atoms with Crippen molar-refractivity contribution in [2.24, 2.45) is 5.92 Å². The highest BCUT2D eigenvalue weighted by molar-refractivity contribution is 7.92. The quantitative estimate of drug-likeness (QED) is 0.655. The maximum atomic E-state index is 13.5. The van der Waals surface area contributed by atoms with E-state index < -0.39 is 15.2 Å². The van der Waals surface area contributed by atoms with Gasteiger partial charge in [0.05, 0.1) is 16.5 Å². The Hall–Kier alpha value is -2.42. The van der Waals surface area contributed by atoms with Crippen molar-refractivity contribution in [3.8, 4) is 6.07 Å². The Morgan fingerprint density at radius 2 is 1.72 bits per heavy atom. The van der Waals surface area contributed by atoms with Crippen LogP contribution >= 0.6 is 0 Å². The standard InChI is InChI=1S/C24H28N2O2S/c1-19(2)10-15-24(29(27,28)23-8-4-3-5-9-23)26-16-6-7-22(18-26)21-13-11-20(17-25)12-14-21/h3-5,7-9,11-14,19,24H,6,10,15-16,18H2,1-2H3. The first-order valence-corrected chi connectivity index (χ1v) is 11.7. The minimum atomic E-state index is -3.46. The zero-order valence-electron chi connectivity index (χ0n) is 17.1. The summed E-state index contributed by atoms with van der Waals surface area (Å²) in [5, 5.41) is 8.48. The van der Waals surface area contributed by atoms with Crippen LogP contribution in [0.15, 0.2) is 65.6 Å². The number of hydrogen-bond acceptors (Lipinski definition) is 4. The van der Waals surface area contributed by atoms with E-state index >= 15 is 0 Å². The predicted octanol–water partition coefficient (Wildman–Crippen LogP) is 4.88. The summed E-state index contributed by atoms with van der Waals surface area (Å²) in [7, 11) is -3.46. The molecule has 0 saturated heterocycles. The molecule has 1 heterocycles. The van der Waals surface area contributed by atoms with Gasteiger partial charge in [-0.25, -0.2) is 8.42 Å². The maximum Gasteiger partial charge on any atom is 0.194 e. The summed E-state index contributed by atoms with van der Waals surface area (Å²) in [4.78, 5) is 2.50. The second-order valence-corrected chi connectivity index (χ2v) is 10.1. The van der Waals surface area contributed by atoms with Gasteiger partial charge in [-0.05, 0) is 60.6 Å². The van der Waals surface area contributed by atoms with Crippen molar-refractivity contribution in [2.75, 3.05) is 13.1 Å². The van der Waals surface area contributed by atoms with E-state index in [0.717, 1.165) is 30.5 Å². The number of hydrogen-bond donors (Lipinski definition) is 0. The molecule has 1 aliphatic heterocycles. The van der Waals surface area contributed by atoms with E-state index in [1.807, 2.05) is 30.3 Å². The lowest BCUT2D eigenvalue weighted by Gasteiger charge is -2.35. The molecule has 2 aromatic carbocycles. The monoisotopic (exact) mass is 408 g/mol. The lowest BCUT2D eigenvalue weighted by atomic mass is 9.99. The molecule has 152 valence electrons. The summed E-state index contributed by atoms with van der Waals surface area (Å²) < 4.78 is 26.9. The highest BCUT2D eigenvalue weighted by Crippen LogP contribution is 2.29. The van der Waals surface area contributed by atoms with Crippen molar-refractivity contribution in [1.82, 2.24) is 4.90 Å². The summed E-state index contributed by atoms with van der Waals surface area (Å²) in [6.45, 7) is 5.59. The average Bonchev–Trinajstić information content (AvgIpc) is 2.74. The van der Waals surface area contributed by atoms with Crippen LogP contribution in [-0.4, -0.2) is 31.8 Å². The number of rotatable bonds is 7. The highest BCUT2D eigenvalue weighted by Gasteiger charge is 2.34. The van der Waals surface area contributed by atoms with E-state index in [0.29, 0.717) is 29.3 Å². The lowest BCUT2D eigenvalue weighted by molar-refractivity contribution is 0.255. The molecule has 0 fully saturated rings. The summed E-state index contributed by atoms with van der Waals surface area (Å²) in [6.07, 6.45) is 4.49. The van der Waals surface area contributed by atoms with Crippen LogP contribution in [0.3, 0.4) is 0 Å². The van der Waals surface area contributed by atoms with E-state index in [2.05, 4.69) is 30.9 Å². The van der Waals surface area contributed by atoms with Gasteiger partial charge in [-0.2, -0.15) is 5.26 Å². The first kappa shape index (κ1) is 21.3.